The molecule has 0 bridgehead atoms. The Kier molecular flexibility index (Phi) is 5.37. The van der Waals surface area contributed by atoms with E-state index >= 15 is 0 Å². The monoisotopic (exact) mass is 233 g/mol. The van der Waals surface area contributed by atoms with Crippen LogP contribution in [0.5, 0.6) is 0 Å². The fourth-order valence-electron chi connectivity index (χ4n) is 1.99. The summed E-state index contributed by atoms with van der Waals surface area (Å²) < 4.78 is 0. The number of nitrogens with zero attached hydrogens (tertiary/aromatic N) is 1. The molecule has 0 unspecified atom stereocenters. The first-order chi connectivity index (χ1) is 7.76. The van der Waals surface area contributed by atoms with Gasteiger partial charge in [0, 0.05) is 0 Å². The van der Waals surface area contributed by atoms with Gasteiger partial charge in [0.1, 0.15) is 0 Å². The Hall–Kier alpha value is -0.980. The molecular weight excluding hydrogens is 214 g/mol. The Bertz CT molecular complexity index is 378. The Morgan fingerprint density at radius 2 is 1.69 bits per heavy atom. The van der Waals surface area contributed by atoms with Gasteiger partial charge in [0.25, 0.3) is 0 Å². The van der Waals surface area contributed by atoms with E-state index in [0.29, 0.717) is 0 Å². The summed E-state index contributed by atoms with van der Waals surface area (Å²) in [6, 6.07) is 4.52. The number of rotatable bonds is 5. The molecule has 0 spiro atoms. The summed E-state index contributed by atoms with van der Waals surface area (Å²) in [7, 11) is 0. The average molecular weight is 233 g/mol. The standard InChI is InChI=1S/C14H19NS/c1-4-7-11-8-12(5-2)14(15-10-16)13(6-3)9-11/h8-9H,4-7H2,1-3H3. The molecule has 0 heterocycles. The third kappa shape index (κ3) is 3.01. The van der Waals surface area contributed by atoms with Crippen LogP contribution in [0.15, 0.2) is 17.1 Å². The maximum absolute atomic E-state index is 4.72. The maximum atomic E-state index is 4.72. The SMILES string of the molecule is CCCc1cc(CC)c(N=C=S)c(CC)c1. The second-order valence-electron chi connectivity index (χ2n) is 3.92. The van der Waals surface area contributed by atoms with Gasteiger partial charge in [-0.25, -0.2) is 0 Å². The van der Waals surface area contributed by atoms with Crippen molar-refractivity contribution in [2.45, 2.75) is 46.5 Å². The summed E-state index contributed by atoms with van der Waals surface area (Å²) in [5.74, 6) is 0. The Morgan fingerprint density at radius 1 is 1.12 bits per heavy atom. The lowest BCUT2D eigenvalue weighted by Gasteiger charge is -2.11. The minimum absolute atomic E-state index is 1.00. The lowest BCUT2D eigenvalue weighted by molar-refractivity contribution is 0.911. The summed E-state index contributed by atoms with van der Waals surface area (Å²) in [5, 5.41) is 2.49. The van der Waals surface area contributed by atoms with Gasteiger partial charge in [0.2, 0.25) is 0 Å². The normalized spacial score (nSPS) is 9.94. The van der Waals surface area contributed by atoms with Gasteiger partial charge in [-0.1, -0.05) is 39.3 Å². The molecule has 0 saturated carbocycles. The Balaban J connectivity index is 3.30. The highest BCUT2D eigenvalue weighted by Crippen LogP contribution is 2.27. The second kappa shape index (κ2) is 6.57. The zero-order valence-electron chi connectivity index (χ0n) is 10.3. The van der Waals surface area contributed by atoms with Gasteiger partial charge in [0.05, 0.1) is 10.8 Å². The number of aliphatic imine (C=N–C) groups is 1. The van der Waals surface area contributed by atoms with Crippen molar-refractivity contribution in [1.29, 1.82) is 0 Å². The van der Waals surface area contributed by atoms with Crippen molar-refractivity contribution in [2.24, 2.45) is 4.99 Å². The molecule has 0 aromatic heterocycles. The summed E-state index contributed by atoms with van der Waals surface area (Å²) in [4.78, 5) is 4.21. The number of hydrogen-bond acceptors (Lipinski definition) is 2. The molecular formula is C14H19NS. The van der Waals surface area contributed by atoms with E-state index in [2.05, 4.69) is 43.1 Å². The predicted octanol–water partition coefficient (Wildman–Crippen LogP) is 4.50. The molecule has 0 saturated heterocycles. The van der Waals surface area contributed by atoms with E-state index in [9.17, 15) is 0 Å². The first-order valence-electron chi connectivity index (χ1n) is 5.99. The van der Waals surface area contributed by atoms with Crippen LogP contribution in [0, 0.1) is 0 Å². The number of thiocarbonyl (C=S) groups is 1. The maximum Gasteiger partial charge on any atom is 0.0803 e. The van der Waals surface area contributed by atoms with Gasteiger partial charge in [-0.15, -0.1) is 0 Å². The van der Waals surface area contributed by atoms with Crippen LogP contribution < -0.4 is 0 Å². The van der Waals surface area contributed by atoms with Gasteiger partial charge in [-0.2, -0.15) is 4.99 Å². The van der Waals surface area contributed by atoms with Crippen molar-refractivity contribution in [2.75, 3.05) is 0 Å². The molecule has 0 radical (unpaired) electrons. The topological polar surface area (TPSA) is 12.4 Å². The summed E-state index contributed by atoms with van der Waals surface area (Å²) in [6.07, 6.45) is 4.32. The van der Waals surface area contributed by atoms with Crippen LogP contribution in [0.25, 0.3) is 0 Å². The molecule has 86 valence electrons. The first kappa shape index (κ1) is 13.1. The third-order valence-corrected chi connectivity index (χ3v) is 2.88. The van der Waals surface area contributed by atoms with E-state index < -0.39 is 0 Å². The zero-order valence-corrected chi connectivity index (χ0v) is 11.2. The van der Waals surface area contributed by atoms with Crippen LogP contribution in [0.4, 0.5) is 5.69 Å². The van der Waals surface area contributed by atoms with Gasteiger partial charge >= 0.3 is 0 Å². The highest BCUT2D eigenvalue weighted by molar-refractivity contribution is 7.78. The molecule has 2 heteroatoms. The minimum atomic E-state index is 1.00. The van der Waals surface area contributed by atoms with Crippen LogP contribution in [0.1, 0.15) is 43.9 Å². The predicted molar refractivity (Wildman–Crippen MR) is 73.9 cm³/mol. The van der Waals surface area contributed by atoms with Crippen molar-refractivity contribution in [1.82, 2.24) is 0 Å². The lowest BCUT2D eigenvalue weighted by Crippen LogP contribution is -1.94. The molecule has 0 fully saturated rings. The molecule has 1 aromatic carbocycles. The van der Waals surface area contributed by atoms with Gasteiger partial charge in [-0.05, 0) is 48.2 Å². The fourth-order valence-corrected chi connectivity index (χ4v) is 2.08. The molecule has 1 nitrogen and oxygen atoms in total. The van der Waals surface area contributed by atoms with Gasteiger partial charge in [-0.3, -0.25) is 0 Å². The van der Waals surface area contributed by atoms with Crippen LogP contribution in [0.2, 0.25) is 0 Å². The minimum Gasteiger partial charge on any atom is -0.194 e. The van der Waals surface area contributed by atoms with Crippen LogP contribution in [-0.4, -0.2) is 5.16 Å². The van der Waals surface area contributed by atoms with Crippen LogP contribution in [0.3, 0.4) is 0 Å². The van der Waals surface area contributed by atoms with E-state index in [-0.39, 0.29) is 0 Å². The Labute approximate surface area is 104 Å². The third-order valence-electron chi connectivity index (χ3n) is 2.79. The van der Waals surface area contributed by atoms with Crippen molar-refractivity contribution in [3.63, 3.8) is 0 Å². The van der Waals surface area contributed by atoms with Crippen molar-refractivity contribution in [3.05, 3.63) is 28.8 Å². The zero-order chi connectivity index (χ0) is 12.0. The van der Waals surface area contributed by atoms with E-state index in [1.807, 2.05) is 0 Å². The lowest BCUT2D eigenvalue weighted by atomic mass is 9.97. The summed E-state index contributed by atoms with van der Waals surface area (Å²) >= 11 is 4.72. The number of hydrogen-bond donors (Lipinski definition) is 0. The molecule has 0 aliphatic rings. The molecule has 0 amide bonds. The van der Waals surface area contributed by atoms with Crippen LogP contribution >= 0.6 is 12.2 Å². The van der Waals surface area contributed by atoms with Crippen molar-refractivity contribution < 1.29 is 0 Å². The molecule has 1 rings (SSSR count). The molecule has 0 aliphatic carbocycles. The Morgan fingerprint density at radius 3 is 2.06 bits per heavy atom. The van der Waals surface area contributed by atoms with E-state index in [0.717, 1.165) is 24.9 Å². The smallest absolute Gasteiger partial charge is 0.0803 e. The fraction of sp³-hybridized carbons (Fsp3) is 0.500. The number of isothiocyanates is 1. The highest BCUT2D eigenvalue weighted by atomic mass is 32.1. The van der Waals surface area contributed by atoms with Crippen molar-refractivity contribution in [3.8, 4) is 0 Å². The highest BCUT2D eigenvalue weighted by Gasteiger charge is 2.07. The molecule has 0 atom stereocenters. The average Bonchev–Trinajstić information content (AvgIpc) is 2.31. The molecule has 16 heavy (non-hydrogen) atoms. The van der Waals surface area contributed by atoms with Gasteiger partial charge in [0.15, 0.2) is 0 Å². The van der Waals surface area contributed by atoms with E-state index in [1.165, 1.54) is 23.1 Å². The molecule has 0 N–H and O–H groups in total. The summed E-state index contributed by atoms with van der Waals surface area (Å²) in [6.45, 7) is 6.53. The first-order valence-corrected chi connectivity index (χ1v) is 6.40. The quantitative estimate of drug-likeness (QED) is 0.539. The number of benzene rings is 1. The largest absolute Gasteiger partial charge is 0.194 e. The van der Waals surface area contributed by atoms with Gasteiger partial charge < -0.3 is 0 Å². The van der Waals surface area contributed by atoms with E-state index in [1.54, 1.807) is 0 Å². The van der Waals surface area contributed by atoms with Crippen molar-refractivity contribution >= 4 is 23.1 Å². The number of aryl methyl sites for hydroxylation is 3. The second-order valence-corrected chi connectivity index (χ2v) is 4.11. The van der Waals surface area contributed by atoms with E-state index in [4.69, 9.17) is 12.2 Å². The van der Waals surface area contributed by atoms with Crippen LogP contribution in [-0.2, 0) is 19.3 Å². The molecule has 0 aliphatic heterocycles. The summed E-state index contributed by atoms with van der Waals surface area (Å²) in [5.41, 5.74) is 5.04. The molecule has 1 aromatic rings.